The minimum atomic E-state index is -0.674. The first-order valence-electron chi connectivity index (χ1n) is 5.42. The molecule has 0 saturated heterocycles. The van der Waals surface area contributed by atoms with Crippen LogP contribution < -0.4 is 4.74 Å². The van der Waals surface area contributed by atoms with Crippen LogP contribution in [0.1, 0.15) is 15.9 Å². The zero-order valence-corrected chi connectivity index (χ0v) is 10.5. The van der Waals surface area contributed by atoms with Crippen molar-refractivity contribution in [3.8, 4) is 5.75 Å². The molecule has 2 rings (SSSR count). The Bertz CT molecular complexity index is 614. The van der Waals surface area contributed by atoms with Gasteiger partial charge in [-0.3, -0.25) is 4.79 Å². The van der Waals surface area contributed by atoms with Crippen molar-refractivity contribution >= 4 is 17.9 Å². The maximum absolute atomic E-state index is 13.6. The number of benzene rings is 2. The standard InChI is InChI=1S/C14H9ClF2O2/c15-11-3-1-2-10(14(11)17)8-19-13-5-4-9(7-18)6-12(13)16/h1-7H,8H2. The van der Waals surface area contributed by atoms with Crippen molar-refractivity contribution in [1.29, 1.82) is 0 Å². The van der Waals surface area contributed by atoms with Crippen LogP contribution in [0.2, 0.25) is 5.02 Å². The van der Waals surface area contributed by atoms with Gasteiger partial charge in [-0.05, 0) is 24.3 Å². The van der Waals surface area contributed by atoms with E-state index in [0.717, 1.165) is 6.07 Å². The van der Waals surface area contributed by atoms with Gasteiger partial charge in [-0.2, -0.15) is 0 Å². The summed E-state index contributed by atoms with van der Waals surface area (Å²) < 4.78 is 32.3. The summed E-state index contributed by atoms with van der Waals surface area (Å²) in [5.74, 6) is -1.31. The molecule has 2 aromatic carbocycles. The van der Waals surface area contributed by atoms with Crippen LogP contribution in [0.15, 0.2) is 36.4 Å². The Kier molecular flexibility index (Phi) is 4.12. The lowest BCUT2D eigenvalue weighted by Crippen LogP contribution is -2.00. The van der Waals surface area contributed by atoms with Gasteiger partial charge in [-0.15, -0.1) is 0 Å². The largest absolute Gasteiger partial charge is 0.486 e. The first-order valence-corrected chi connectivity index (χ1v) is 5.80. The van der Waals surface area contributed by atoms with Crippen LogP contribution in [0, 0.1) is 11.6 Å². The number of halogens is 3. The van der Waals surface area contributed by atoms with E-state index in [1.54, 1.807) is 6.07 Å². The zero-order valence-electron chi connectivity index (χ0n) is 9.70. The van der Waals surface area contributed by atoms with Gasteiger partial charge in [0, 0.05) is 11.1 Å². The molecule has 0 bridgehead atoms. The van der Waals surface area contributed by atoms with Crippen LogP contribution >= 0.6 is 11.6 Å². The molecule has 0 atom stereocenters. The highest BCUT2D eigenvalue weighted by Gasteiger charge is 2.09. The molecule has 5 heteroatoms. The summed E-state index contributed by atoms with van der Waals surface area (Å²) >= 11 is 5.62. The summed E-state index contributed by atoms with van der Waals surface area (Å²) in [4.78, 5) is 10.5. The van der Waals surface area contributed by atoms with E-state index in [-0.39, 0.29) is 28.5 Å². The molecular formula is C14H9ClF2O2. The lowest BCUT2D eigenvalue weighted by atomic mass is 10.2. The van der Waals surface area contributed by atoms with Gasteiger partial charge in [0.25, 0.3) is 0 Å². The van der Waals surface area contributed by atoms with Gasteiger partial charge in [0.05, 0.1) is 5.02 Å². The third-order valence-electron chi connectivity index (χ3n) is 2.51. The Morgan fingerprint density at radius 2 is 2.00 bits per heavy atom. The lowest BCUT2D eigenvalue weighted by molar-refractivity contribution is 0.112. The highest BCUT2D eigenvalue weighted by atomic mass is 35.5. The minimum Gasteiger partial charge on any atom is -0.486 e. The van der Waals surface area contributed by atoms with Crippen molar-refractivity contribution in [2.24, 2.45) is 0 Å². The molecule has 0 amide bonds. The van der Waals surface area contributed by atoms with E-state index in [2.05, 4.69) is 0 Å². The van der Waals surface area contributed by atoms with E-state index in [1.807, 2.05) is 0 Å². The third kappa shape index (κ3) is 3.09. The summed E-state index contributed by atoms with van der Waals surface area (Å²) in [6, 6.07) is 8.28. The maximum Gasteiger partial charge on any atom is 0.165 e. The second-order valence-electron chi connectivity index (χ2n) is 3.81. The van der Waals surface area contributed by atoms with Crippen LogP contribution in [0.3, 0.4) is 0 Å². The van der Waals surface area contributed by atoms with Gasteiger partial charge in [0.1, 0.15) is 18.7 Å². The van der Waals surface area contributed by atoms with Crippen molar-refractivity contribution < 1.29 is 18.3 Å². The number of carbonyl (C=O) groups excluding carboxylic acids is 1. The highest BCUT2D eigenvalue weighted by molar-refractivity contribution is 6.30. The Morgan fingerprint density at radius 1 is 1.21 bits per heavy atom. The zero-order chi connectivity index (χ0) is 13.8. The molecule has 19 heavy (non-hydrogen) atoms. The second-order valence-corrected chi connectivity index (χ2v) is 4.22. The van der Waals surface area contributed by atoms with Gasteiger partial charge in [-0.25, -0.2) is 8.78 Å². The van der Waals surface area contributed by atoms with Crippen molar-refractivity contribution in [2.75, 3.05) is 0 Å². The molecule has 0 N–H and O–H groups in total. The fourth-order valence-electron chi connectivity index (χ4n) is 1.52. The predicted molar refractivity (Wildman–Crippen MR) is 67.5 cm³/mol. The van der Waals surface area contributed by atoms with Crippen molar-refractivity contribution in [1.82, 2.24) is 0 Å². The first-order chi connectivity index (χ1) is 9.11. The van der Waals surface area contributed by atoms with Gasteiger partial charge < -0.3 is 4.74 Å². The summed E-state index contributed by atoms with van der Waals surface area (Å²) in [5, 5.41) is -0.0159. The summed E-state index contributed by atoms with van der Waals surface area (Å²) in [6.45, 7) is -0.149. The number of rotatable bonds is 4. The average molecular weight is 283 g/mol. The third-order valence-corrected chi connectivity index (χ3v) is 2.80. The minimum absolute atomic E-state index is 0.0159. The fraction of sp³-hybridized carbons (Fsp3) is 0.0714. The maximum atomic E-state index is 13.6. The quantitative estimate of drug-likeness (QED) is 0.792. The molecular weight excluding hydrogens is 274 g/mol. The van der Waals surface area contributed by atoms with Crippen molar-refractivity contribution in [2.45, 2.75) is 6.61 Å². The van der Waals surface area contributed by atoms with Gasteiger partial charge >= 0.3 is 0 Å². The van der Waals surface area contributed by atoms with Crippen LogP contribution in [0.5, 0.6) is 5.75 Å². The van der Waals surface area contributed by atoms with E-state index in [9.17, 15) is 13.6 Å². The van der Waals surface area contributed by atoms with Gasteiger partial charge in [-0.1, -0.05) is 23.7 Å². The smallest absolute Gasteiger partial charge is 0.165 e. The predicted octanol–water partition coefficient (Wildman–Crippen LogP) is 4.01. The van der Waals surface area contributed by atoms with E-state index in [1.165, 1.54) is 24.3 Å². The molecule has 0 saturated carbocycles. The lowest BCUT2D eigenvalue weighted by Gasteiger charge is -2.08. The topological polar surface area (TPSA) is 26.3 Å². The molecule has 0 spiro atoms. The number of carbonyl (C=O) groups is 1. The molecule has 0 heterocycles. The second kappa shape index (κ2) is 5.80. The van der Waals surface area contributed by atoms with Crippen LogP contribution in [-0.2, 0) is 6.61 Å². The Morgan fingerprint density at radius 3 is 2.68 bits per heavy atom. The average Bonchev–Trinajstić information content (AvgIpc) is 2.41. The Hall–Kier alpha value is -1.94. The number of ether oxygens (including phenoxy) is 1. The molecule has 0 aliphatic carbocycles. The van der Waals surface area contributed by atoms with Crippen LogP contribution in [0.4, 0.5) is 8.78 Å². The van der Waals surface area contributed by atoms with E-state index < -0.39 is 11.6 Å². The fourth-order valence-corrected chi connectivity index (χ4v) is 1.72. The highest BCUT2D eigenvalue weighted by Crippen LogP contribution is 2.22. The molecule has 2 nitrogen and oxygen atoms in total. The van der Waals surface area contributed by atoms with Gasteiger partial charge in [0.2, 0.25) is 0 Å². The van der Waals surface area contributed by atoms with Crippen LogP contribution in [0.25, 0.3) is 0 Å². The normalized spacial score (nSPS) is 10.3. The molecule has 2 aromatic rings. The number of hydrogen-bond donors (Lipinski definition) is 0. The molecule has 0 aliphatic heterocycles. The van der Waals surface area contributed by atoms with E-state index in [4.69, 9.17) is 16.3 Å². The molecule has 0 aliphatic rings. The molecule has 0 aromatic heterocycles. The molecule has 98 valence electrons. The van der Waals surface area contributed by atoms with E-state index in [0.29, 0.717) is 6.29 Å². The first kappa shape index (κ1) is 13.5. The number of hydrogen-bond acceptors (Lipinski definition) is 2. The number of aldehydes is 1. The molecule has 0 radical (unpaired) electrons. The van der Waals surface area contributed by atoms with Crippen LogP contribution in [-0.4, -0.2) is 6.29 Å². The Balaban J connectivity index is 2.14. The summed E-state index contributed by atoms with van der Waals surface area (Å²) in [7, 11) is 0. The van der Waals surface area contributed by atoms with Gasteiger partial charge in [0.15, 0.2) is 11.6 Å². The summed E-state index contributed by atoms with van der Waals surface area (Å²) in [5.41, 5.74) is 0.435. The molecule has 0 fully saturated rings. The Labute approximate surface area is 113 Å². The SMILES string of the molecule is O=Cc1ccc(OCc2cccc(Cl)c2F)c(F)c1. The summed E-state index contributed by atoms with van der Waals surface area (Å²) in [6.07, 6.45) is 0.531. The molecule has 0 unspecified atom stereocenters. The monoisotopic (exact) mass is 282 g/mol. The van der Waals surface area contributed by atoms with Crippen molar-refractivity contribution in [3.05, 3.63) is 64.2 Å². The van der Waals surface area contributed by atoms with Crippen molar-refractivity contribution in [3.63, 3.8) is 0 Å². The van der Waals surface area contributed by atoms with E-state index >= 15 is 0 Å².